The summed E-state index contributed by atoms with van der Waals surface area (Å²) in [5.41, 5.74) is 0.991. The van der Waals surface area contributed by atoms with Crippen LogP contribution in [0.1, 0.15) is 37.7 Å². The van der Waals surface area contributed by atoms with E-state index in [0.29, 0.717) is 25.4 Å². The highest BCUT2D eigenvalue weighted by Gasteiger charge is 2.22. The third-order valence-corrected chi connectivity index (χ3v) is 4.41. The Kier molecular flexibility index (Phi) is 6.71. The number of likely N-dealkylation sites (N-methyl/N-ethyl adjacent to an activating group) is 1. The van der Waals surface area contributed by atoms with Crippen LogP contribution in [0.25, 0.3) is 0 Å². The Labute approximate surface area is 150 Å². The quantitative estimate of drug-likeness (QED) is 0.776. The molecule has 2 rings (SSSR count). The zero-order chi connectivity index (χ0) is 18.4. The van der Waals surface area contributed by atoms with E-state index in [4.69, 9.17) is 10.2 Å². The SMILES string of the molecule is Cc1cc(N2CCN(CC(=O)N(C)CCC#N)CC2)nc(C(C)C)n1. The molecule has 0 atom stereocenters. The number of aryl methyl sites for hydroxylation is 1. The van der Waals surface area contributed by atoms with Gasteiger partial charge in [-0.05, 0) is 6.92 Å². The molecular formula is C18H28N6O. The van der Waals surface area contributed by atoms with Gasteiger partial charge in [0.25, 0.3) is 0 Å². The van der Waals surface area contributed by atoms with Crippen LogP contribution in [0.2, 0.25) is 0 Å². The van der Waals surface area contributed by atoms with E-state index in [2.05, 4.69) is 34.7 Å². The van der Waals surface area contributed by atoms with E-state index in [-0.39, 0.29) is 5.91 Å². The van der Waals surface area contributed by atoms with Crippen molar-refractivity contribution in [2.24, 2.45) is 0 Å². The van der Waals surface area contributed by atoms with Crippen molar-refractivity contribution in [1.82, 2.24) is 19.8 Å². The van der Waals surface area contributed by atoms with Gasteiger partial charge in [0.1, 0.15) is 11.6 Å². The van der Waals surface area contributed by atoms with Crippen molar-refractivity contribution in [3.05, 3.63) is 17.6 Å². The molecule has 0 radical (unpaired) electrons. The Morgan fingerprint density at radius 1 is 1.32 bits per heavy atom. The summed E-state index contributed by atoms with van der Waals surface area (Å²) >= 11 is 0. The van der Waals surface area contributed by atoms with Crippen LogP contribution in [0.5, 0.6) is 0 Å². The van der Waals surface area contributed by atoms with Crippen molar-refractivity contribution >= 4 is 11.7 Å². The molecule has 25 heavy (non-hydrogen) atoms. The first-order chi connectivity index (χ1) is 11.9. The second-order valence-electron chi connectivity index (χ2n) is 6.87. The maximum absolute atomic E-state index is 12.2. The predicted molar refractivity (Wildman–Crippen MR) is 97.4 cm³/mol. The molecular weight excluding hydrogens is 316 g/mol. The summed E-state index contributed by atoms with van der Waals surface area (Å²) in [6.07, 6.45) is 0.376. The topological polar surface area (TPSA) is 76.4 Å². The highest BCUT2D eigenvalue weighted by Crippen LogP contribution is 2.18. The van der Waals surface area contributed by atoms with Crippen LogP contribution in [0.3, 0.4) is 0 Å². The minimum Gasteiger partial charge on any atom is -0.354 e. The summed E-state index contributed by atoms with van der Waals surface area (Å²) < 4.78 is 0. The smallest absolute Gasteiger partial charge is 0.236 e. The average Bonchev–Trinajstić information content (AvgIpc) is 2.59. The molecule has 2 heterocycles. The lowest BCUT2D eigenvalue weighted by atomic mass is 10.2. The maximum Gasteiger partial charge on any atom is 0.236 e. The molecule has 136 valence electrons. The van der Waals surface area contributed by atoms with Crippen molar-refractivity contribution < 1.29 is 4.79 Å². The van der Waals surface area contributed by atoms with Gasteiger partial charge >= 0.3 is 0 Å². The molecule has 0 spiro atoms. The van der Waals surface area contributed by atoms with E-state index in [1.165, 1.54) is 0 Å². The van der Waals surface area contributed by atoms with E-state index >= 15 is 0 Å². The van der Waals surface area contributed by atoms with E-state index in [9.17, 15) is 4.79 Å². The van der Waals surface area contributed by atoms with Crippen LogP contribution in [-0.2, 0) is 4.79 Å². The number of carbonyl (C=O) groups excluding carboxylic acids is 1. The van der Waals surface area contributed by atoms with Crippen LogP contribution in [0.15, 0.2) is 6.07 Å². The number of nitriles is 1. The Morgan fingerprint density at radius 2 is 2.00 bits per heavy atom. The number of aromatic nitrogens is 2. The number of anilines is 1. The van der Waals surface area contributed by atoms with Crippen molar-refractivity contribution in [1.29, 1.82) is 5.26 Å². The molecule has 1 aromatic rings. The highest BCUT2D eigenvalue weighted by atomic mass is 16.2. The molecule has 0 aliphatic carbocycles. The van der Waals surface area contributed by atoms with Gasteiger partial charge < -0.3 is 9.80 Å². The Morgan fingerprint density at radius 3 is 2.60 bits per heavy atom. The number of amides is 1. The fourth-order valence-electron chi connectivity index (χ4n) is 2.78. The normalized spacial score (nSPS) is 15.3. The van der Waals surface area contributed by atoms with Crippen LogP contribution in [-0.4, -0.2) is 72.0 Å². The van der Waals surface area contributed by atoms with E-state index in [1.807, 2.05) is 13.0 Å². The lowest BCUT2D eigenvalue weighted by Crippen LogP contribution is -2.50. The highest BCUT2D eigenvalue weighted by molar-refractivity contribution is 5.78. The number of carbonyl (C=O) groups is 1. The standard InChI is InChI=1S/C18H28N6O/c1-14(2)18-20-15(3)12-16(21-18)24-10-8-23(9-11-24)13-17(25)22(4)7-5-6-19/h12,14H,5,7-11,13H2,1-4H3. The first-order valence-electron chi connectivity index (χ1n) is 8.84. The second-order valence-corrected chi connectivity index (χ2v) is 6.87. The van der Waals surface area contributed by atoms with Gasteiger partial charge in [0.05, 0.1) is 19.0 Å². The van der Waals surface area contributed by atoms with Gasteiger partial charge in [-0.2, -0.15) is 5.26 Å². The molecule has 0 aromatic carbocycles. The Balaban J connectivity index is 1.89. The van der Waals surface area contributed by atoms with Gasteiger partial charge in [-0.3, -0.25) is 9.69 Å². The monoisotopic (exact) mass is 344 g/mol. The average molecular weight is 344 g/mol. The van der Waals surface area contributed by atoms with Crippen LogP contribution < -0.4 is 4.90 Å². The second kappa shape index (κ2) is 8.77. The minimum atomic E-state index is 0.0728. The van der Waals surface area contributed by atoms with E-state index in [1.54, 1.807) is 11.9 Å². The first kappa shape index (κ1) is 19.1. The molecule has 0 unspecified atom stereocenters. The fraction of sp³-hybridized carbons (Fsp3) is 0.667. The predicted octanol–water partition coefficient (Wildman–Crippen LogP) is 1.40. The van der Waals surface area contributed by atoms with Crippen molar-refractivity contribution in [2.75, 3.05) is 51.2 Å². The summed E-state index contributed by atoms with van der Waals surface area (Å²) in [5.74, 6) is 2.24. The van der Waals surface area contributed by atoms with Crippen molar-refractivity contribution in [3.63, 3.8) is 0 Å². The van der Waals surface area contributed by atoms with Gasteiger partial charge in [0.2, 0.25) is 5.91 Å². The van der Waals surface area contributed by atoms with Gasteiger partial charge in [-0.1, -0.05) is 13.8 Å². The van der Waals surface area contributed by atoms with Crippen LogP contribution in [0.4, 0.5) is 5.82 Å². The van der Waals surface area contributed by atoms with Gasteiger partial charge in [0, 0.05) is 57.4 Å². The van der Waals surface area contributed by atoms with Gasteiger partial charge in [-0.15, -0.1) is 0 Å². The summed E-state index contributed by atoms with van der Waals surface area (Å²) in [5, 5.41) is 8.61. The zero-order valence-electron chi connectivity index (χ0n) is 15.7. The summed E-state index contributed by atoms with van der Waals surface area (Å²) in [6.45, 7) is 10.5. The van der Waals surface area contributed by atoms with Crippen LogP contribution >= 0.6 is 0 Å². The molecule has 1 aromatic heterocycles. The lowest BCUT2D eigenvalue weighted by molar-refractivity contribution is -0.131. The first-order valence-corrected chi connectivity index (χ1v) is 8.84. The molecule has 7 nitrogen and oxygen atoms in total. The number of hydrogen-bond donors (Lipinski definition) is 0. The summed E-state index contributed by atoms with van der Waals surface area (Å²) in [6, 6.07) is 4.10. The van der Waals surface area contributed by atoms with E-state index < -0.39 is 0 Å². The summed E-state index contributed by atoms with van der Waals surface area (Å²) in [4.78, 5) is 27.4. The third-order valence-electron chi connectivity index (χ3n) is 4.41. The molecule has 1 amide bonds. The lowest BCUT2D eigenvalue weighted by Gasteiger charge is -2.35. The molecule has 0 saturated carbocycles. The fourth-order valence-corrected chi connectivity index (χ4v) is 2.78. The van der Waals surface area contributed by atoms with Gasteiger partial charge in [0.15, 0.2) is 0 Å². The number of piperazine rings is 1. The maximum atomic E-state index is 12.2. The van der Waals surface area contributed by atoms with Crippen molar-refractivity contribution in [3.8, 4) is 6.07 Å². The van der Waals surface area contributed by atoms with Gasteiger partial charge in [-0.25, -0.2) is 9.97 Å². The summed E-state index contributed by atoms with van der Waals surface area (Å²) in [7, 11) is 1.76. The third kappa shape index (κ3) is 5.40. The molecule has 1 aliphatic rings. The number of rotatable bonds is 6. The molecule has 1 saturated heterocycles. The number of hydrogen-bond acceptors (Lipinski definition) is 6. The number of nitrogens with zero attached hydrogens (tertiary/aromatic N) is 6. The molecule has 7 heteroatoms. The molecule has 0 N–H and O–H groups in total. The molecule has 0 bridgehead atoms. The Bertz CT molecular complexity index is 631. The van der Waals surface area contributed by atoms with E-state index in [0.717, 1.165) is 43.5 Å². The van der Waals surface area contributed by atoms with Crippen molar-refractivity contribution in [2.45, 2.75) is 33.1 Å². The molecule has 1 fully saturated rings. The molecule has 1 aliphatic heterocycles. The Hall–Kier alpha value is -2.20. The zero-order valence-corrected chi connectivity index (χ0v) is 15.7. The largest absolute Gasteiger partial charge is 0.354 e. The minimum absolute atomic E-state index is 0.0728. The van der Waals surface area contributed by atoms with Crippen LogP contribution in [0, 0.1) is 18.3 Å².